The van der Waals surface area contributed by atoms with E-state index >= 15 is 0 Å². The Morgan fingerprint density at radius 2 is 2.19 bits per heavy atom. The van der Waals surface area contributed by atoms with E-state index in [2.05, 4.69) is 5.10 Å². The summed E-state index contributed by atoms with van der Waals surface area (Å²) in [6.07, 6.45) is 2.81. The van der Waals surface area contributed by atoms with Crippen LogP contribution in [0.25, 0.3) is 5.69 Å². The van der Waals surface area contributed by atoms with E-state index < -0.39 is 9.84 Å². The predicted molar refractivity (Wildman–Crippen MR) is 102 cm³/mol. The molecule has 1 amide bonds. The van der Waals surface area contributed by atoms with Gasteiger partial charge in [0, 0.05) is 17.6 Å². The van der Waals surface area contributed by atoms with E-state index in [9.17, 15) is 13.2 Å². The molecule has 1 atom stereocenters. The average molecular weight is 396 g/mol. The van der Waals surface area contributed by atoms with Crippen molar-refractivity contribution >= 4 is 27.3 Å². The molecule has 1 saturated heterocycles. The summed E-state index contributed by atoms with van der Waals surface area (Å²) in [6.45, 7) is 4.34. The van der Waals surface area contributed by atoms with Gasteiger partial charge in [-0.3, -0.25) is 4.79 Å². The smallest absolute Gasteiger partial charge is 0.257 e. The van der Waals surface area contributed by atoms with Crippen LogP contribution in [0, 0.1) is 6.92 Å². The maximum Gasteiger partial charge on any atom is 0.257 e. The van der Waals surface area contributed by atoms with Crippen molar-refractivity contribution in [3.63, 3.8) is 0 Å². The van der Waals surface area contributed by atoms with E-state index in [0.717, 1.165) is 12.1 Å². The molecule has 2 heterocycles. The first-order chi connectivity index (χ1) is 12.3. The molecule has 1 unspecified atom stereocenters. The Balaban J connectivity index is 1.91. The first kappa shape index (κ1) is 18.9. The molecule has 0 aliphatic carbocycles. The van der Waals surface area contributed by atoms with Gasteiger partial charge in [-0.15, -0.1) is 0 Å². The van der Waals surface area contributed by atoms with Gasteiger partial charge in [0.05, 0.1) is 34.6 Å². The maximum atomic E-state index is 13.1. The van der Waals surface area contributed by atoms with Crippen molar-refractivity contribution in [1.29, 1.82) is 0 Å². The summed E-state index contributed by atoms with van der Waals surface area (Å²) >= 11 is 6.05. The molecule has 140 valence electrons. The number of aromatic nitrogens is 2. The number of nitrogens with zero attached hydrogens (tertiary/aromatic N) is 3. The van der Waals surface area contributed by atoms with Crippen LogP contribution in [0.15, 0.2) is 30.5 Å². The van der Waals surface area contributed by atoms with Gasteiger partial charge in [-0.05, 0) is 38.0 Å². The molecule has 1 aliphatic heterocycles. The Kier molecular flexibility index (Phi) is 5.39. The third-order valence-electron chi connectivity index (χ3n) is 4.67. The van der Waals surface area contributed by atoms with Gasteiger partial charge in [0.25, 0.3) is 5.91 Å². The van der Waals surface area contributed by atoms with E-state index in [1.165, 1.54) is 0 Å². The minimum absolute atomic E-state index is 0.0419. The zero-order valence-corrected chi connectivity index (χ0v) is 16.4. The summed E-state index contributed by atoms with van der Waals surface area (Å²) in [5.74, 6) is 0.0197. The lowest BCUT2D eigenvalue weighted by molar-refractivity contribution is 0.0696. The highest BCUT2D eigenvalue weighted by molar-refractivity contribution is 7.91. The topological polar surface area (TPSA) is 72.3 Å². The van der Waals surface area contributed by atoms with Crippen molar-refractivity contribution in [1.82, 2.24) is 14.7 Å². The monoisotopic (exact) mass is 395 g/mol. The molecule has 6 nitrogen and oxygen atoms in total. The number of amides is 1. The molecule has 0 spiro atoms. The zero-order valence-electron chi connectivity index (χ0n) is 14.9. The van der Waals surface area contributed by atoms with Gasteiger partial charge >= 0.3 is 0 Å². The molecule has 0 N–H and O–H groups in total. The summed E-state index contributed by atoms with van der Waals surface area (Å²) in [7, 11) is -3.06. The van der Waals surface area contributed by atoms with Gasteiger partial charge < -0.3 is 4.90 Å². The van der Waals surface area contributed by atoms with Gasteiger partial charge in [0.2, 0.25) is 0 Å². The lowest BCUT2D eigenvalue weighted by atomic mass is 10.1. The van der Waals surface area contributed by atoms with E-state index in [4.69, 9.17) is 11.6 Å². The highest BCUT2D eigenvalue weighted by Gasteiger charge is 2.35. The number of rotatable bonds is 5. The molecule has 0 saturated carbocycles. The molecular formula is C18H22ClN3O3S. The number of carbonyl (C=O) groups excluding carboxylic acids is 1. The second kappa shape index (κ2) is 7.40. The van der Waals surface area contributed by atoms with E-state index in [-0.39, 0.29) is 23.5 Å². The van der Waals surface area contributed by atoms with Crippen molar-refractivity contribution in [3.8, 4) is 5.69 Å². The van der Waals surface area contributed by atoms with Gasteiger partial charge in [0.1, 0.15) is 0 Å². The number of hydrogen-bond acceptors (Lipinski definition) is 4. The molecular weight excluding hydrogens is 374 g/mol. The molecule has 1 fully saturated rings. The molecule has 8 heteroatoms. The lowest BCUT2D eigenvalue weighted by Crippen LogP contribution is -2.41. The van der Waals surface area contributed by atoms with Crippen molar-refractivity contribution < 1.29 is 13.2 Å². The predicted octanol–water partition coefficient (Wildman–Crippen LogP) is 2.87. The van der Waals surface area contributed by atoms with Gasteiger partial charge in [-0.25, -0.2) is 13.1 Å². The van der Waals surface area contributed by atoms with Gasteiger partial charge in [-0.2, -0.15) is 5.10 Å². The summed E-state index contributed by atoms with van der Waals surface area (Å²) in [5.41, 5.74) is 1.97. The largest absolute Gasteiger partial charge is 0.335 e. The second-order valence-corrected chi connectivity index (χ2v) is 9.26. The first-order valence-electron chi connectivity index (χ1n) is 8.64. The van der Waals surface area contributed by atoms with Crippen LogP contribution in [0.1, 0.15) is 35.8 Å². The Labute approximate surface area is 158 Å². The fourth-order valence-electron chi connectivity index (χ4n) is 3.35. The maximum absolute atomic E-state index is 13.1. The van der Waals surface area contributed by atoms with Crippen LogP contribution in [0.2, 0.25) is 5.02 Å². The number of halogens is 1. The lowest BCUT2D eigenvalue weighted by Gasteiger charge is -2.27. The van der Waals surface area contributed by atoms with Crippen molar-refractivity contribution in [3.05, 3.63) is 46.7 Å². The third-order valence-corrected chi connectivity index (χ3v) is 6.65. The quantitative estimate of drug-likeness (QED) is 0.780. The first-order valence-corrected chi connectivity index (χ1v) is 10.8. The molecule has 1 aliphatic rings. The highest BCUT2D eigenvalue weighted by Crippen LogP contribution is 2.23. The highest BCUT2D eigenvalue weighted by atomic mass is 35.5. The van der Waals surface area contributed by atoms with Crippen LogP contribution in [-0.4, -0.2) is 53.1 Å². The number of carbonyl (C=O) groups is 1. The fraction of sp³-hybridized carbons (Fsp3) is 0.444. The zero-order chi connectivity index (χ0) is 18.9. The Morgan fingerprint density at radius 3 is 2.81 bits per heavy atom. The summed E-state index contributed by atoms with van der Waals surface area (Å²) in [6, 6.07) is 6.99. The molecule has 2 aromatic rings. The van der Waals surface area contributed by atoms with Crippen molar-refractivity contribution in [2.75, 3.05) is 18.1 Å². The second-order valence-electron chi connectivity index (χ2n) is 6.59. The molecule has 0 bridgehead atoms. The van der Waals surface area contributed by atoms with Crippen LogP contribution >= 0.6 is 11.6 Å². The van der Waals surface area contributed by atoms with Crippen LogP contribution in [0.3, 0.4) is 0 Å². The molecule has 1 aromatic carbocycles. The fourth-order valence-corrected chi connectivity index (χ4v) is 5.27. The molecule has 0 radical (unpaired) electrons. The minimum atomic E-state index is -3.06. The van der Waals surface area contributed by atoms with Gasteiger partial charge in [0.15, 0.2) is 9.84 Å². The standard InChI is InChI=1S/C18H22ClN3O3S/c1-3-8-21(16-7-9-26(24,25)12-16)18(23)17-11-20-22(13(17)2)15-6-4-5-14(19)10-15/h4-6,10-11,16H,3,7-9,12H2,1-2H3. The van der Waals surface area contributed by atoms with Crippen LogP contribution in [-0.2, 0) is 9.84 Å². The number of hydrogen-bond donors (Lipinski definition) is 0. The van der Waals surface area contributed by atoms with Crippen LogP contribution < -0.4 is 0 Å². The molecule has 26 heavy (non-hydrogen) atoms. The average Bonchev–Trinajstić information content (AvgIpc) is 3.14. The van der Waals surface area contributed by atoms with Crippen LogP contribution in [0.5, 0.6) is 0 Å². The van der Waals surface area contributed by atoms with Crippen molar-refractivity contribution in [2.24, 2.45) is 0 Å². The summed E-state index contributed by atoms with van der Waals surface area (Å²) in [4.78, 5) is 14.8. The van der Waals surface area contributed by atoms with E-state index in [1.807, 2.05) is 26.0 Å². The number of benzene rings is 1. The van der Waals surface area contributed by atoms with Crippen molar-refractivity contribution in [2.45, 2.75) is 32.7 Å². The molecule has 1 aromatic heterocycles. The third kappa shape index (κ3) is 3.78. The Bertz CT molecular complexity index is 924. The Hall–Kier alpha value is -1.86. The SMILES string of the molecule is CCCN(C(=O)c1cnn(-c2cccc(Cl)c2)c1C)C1CCS(=O)(=O)C1. The van der Waals surface area contributed by atoms with E-state index in [1.54, 1.807) is 27.9 Å². The normalized spacial score (nSPS) is 18.8. The Morgan fingerprint density at radius 1 is 1.42 bits per heavy atom. The minimum Gasteiger partial charge on any atom is -0.335 e. The van der Waals surface area contributed by atoms with Crippen LogP contribution in [0.4, 0.5) is 0 Å². The van der Waals surface area contributed by atoms with E-state index in [0.29, 0.717) is 29.2 Å². The summed E-state index contributed by atoms with van der Waals surface area (Å²) in [5, 5.41) is 4.93. The summed E-state index contributed by atoms with van der Waals surface area (Å²) < 4.78 is 25.3. The number of sulfone groups is 1. The van der Waals surface area contributed by atoms with Gasteiger partial charge in [-0.1, -0.05) is 24.6 Å². The molecule has 3 rings (SSSR count).